The molecule has 100 valence electrons. The molecular weight excluding hydrogens is 238 g/mol. The molecule has 0 aliphatic carbocycles. The first-order chi connectivity index (χ1) is 9.13. The van der Waals surface area contributed by atoms with E-state index in [0.717, 1.165) is 30.8 Å². The minimum Gasteiger partial charge on any atom is -0.359 e. The number of likely N-dealkylation sites (N-methyl/N-ethyl adjacent to an activating group) is 1. The van der Waals surface area contributed by atoms with Gasteiger partial charge in [0.1, 0.15) is 5.82 Å². The molecule has 0 aliphatic heterocycles. The van der Waals surface area contributed by atoms with Gasteiger partial charge in [-0.25, -0.2) is 0 Å². The molecule has 0 radical (unpaired) electrons. The molecule has 0 saturated heterocycles. The van der Waals surface area contributed by atoms with Crippen LogP contribution in [0.15, 0.2) is 30.3 Å². The van der Waals surface area contributed by atoms with Crippen molar-refractivity contribution < 1.29 is 4.79 Å². The number of hydrogen-bond donors (Lipinski definition) is 0. The summed E-state index contributed by atoms with van der Waals surface area (Å²) in [5.41, 5.74) is 2.75. The van der Waals surface area contributed by atoms with Gasteiger partial charge in [-0.1, -0.05) is 30.3 Å². The van der Waals surface area contributed by atoms with Gasteiger partial charge in [-0.05, 0) is 18.9 Å². The van der Waals surface area contributed by atoms with E-state index in [-0.39, 0.29) is 0 Å². The van der Waals surface area contributed by atoms with Gasteiger partial charge in [0, 0.05) is 20.6 Å². The predicted octanol–water partition coefficient (Wildman–Crippen LogP) is 2.22. The highest BCUT2D eigenvalue weighted by atomic mass is 16.1. The zero-order valence-corrected chi connectivity index (χ0v) is 11.6. The number of rotatable bonds is 5. The molecule has 4 heteroatoms. The number of carbonyl (C=O) groups is 1. The van der Waals surface area contributed by atoms with E-state index < -0.39 is 0 Å². The second kappa shape index (κ2) is 5.69. The fourth-order valence-corrected chi connectivity index (χ4v) is 2.30. The number of nitrogens with zero attached hydrogens (tertiary/aromatic N) is 3. The van der Waals surface area contributed by atoms with Gasteiger partial charge >= 0.3 is 0 Å². The summed E-state index contributed by atoms with van der Waals surface area (Å²) in [5, 5.41) is 4.30. The van der Waals surface area contributed by atoms with E-state index in [2.05, 4.69) is 22.1 Å². The molecule has 4 nitrogen and oxygen atoms in total. The topological polar surface area (TPSA) is 38.1 Å². The van der Waals surface area contributed by atoms with Crippen LogP contribution in [0, 0.1) is 6.92 Å². The second-order valence-electron chi connectivity index (χ2n) is 4.72. The van der Waals surface area contributed by atoms with Crippen molar-refractivity contribution in [2.45, 2.75) is 13.3 Å². The van der Waals surface area contributed by atoms with Crippen molar-refractivity contribution in [2.75, 3.05) is 18.5 Å². The molecular formula is C15H19N3O. The molecule has 0 fully saturated rings. The minimum atomic E-state index is 0.679. The molecule has 0 aliphatic rings. The summed E-state index contributed by atoms with van der Waals surface area (Å²) < 4.78 is 1.77. The van der Waals surface area contributed by atoms with Crippen molar-refractivity contribution in [3.05, 3.63) is 47.2 Å². The van der Waals surface area contributed by atoms with Gasteiger partial charge in [0.15, 0.2) is 6.29 Å². The molecule has 0 bridgehead atoms. The first kappa shape index (κ1) is 13.3. The van der Waals surface area contributed by atoms with Crippen LogP contribution in [0.1, 0.15) is 21.6 Å². The Kier molecular flexibility index (Phi) is 4.00. The van der Waals surface area contributed by atoms with Crippen molar-refractivity contribution in [3.8, 4) is 0 Å². The number of aldehydes is 1. The largest absolute Gasteiger partial charge is 0.359 e. The Morgan fingerprint density at radius 3 is 2.63 bits per heavy atom. The summed E-state index contributed by atoms with van der Waals surface area (Å²) in [7, 11) is 3.86. The van der Waals surface area contributed by atoms with Gasteiger partial charge in [-0.2, -0.15) is 5.10 Å². The van der Waals surface area contributed by atoms with E-state index >= 15 is 0 Å². The van der Waals surface area contributed by atoms with E-state index in [1.54, 1.807) is 4.68 Å². The summed E-state index contributed by atoms with van der Waals surface area (Å²) in [5.74, 6) is 0.878. The van der Waals surface area contributed by atoms with Crippen LogP contribution in [0.5, 0.6) is 0 Å². The first-order valence-corrected chi connectivity index (χ1v) is 6.37. The van der Waals surface area contributed by atoms with Gasteiger partial charge in [0.05, 0.1) is 11.3 Å². The number of hydrogen-bond acceptors (Lipinski definition) is 3. The van der Waals surface area contributed by atoms with Crippen LogP contribution in [0.25, 0.3) is 0 Å². The highest BCUT2D eigenvalue weighted by Crippen LogP contribution is 2.20. The van der Waals surface area contributed by atoms with Crippen LogP contribution in [0.4, 0.5) is 5.82 Å². The number of carbonyl (C=O) groups excluding carboxylic acids is 1. The lowest BCUT2D eigenvalue weighted by atomic mass is 10.1. The highest BCUT2D eigenvalue weighted by molar-refractivity contribution is 5.84. The van der Waals surface area contributed by atoms with Crippen LogP contribution in [-0.4, -0.2) is 29.7 Å². The maximum absolute atomic E-state index is 11.2. The lowest BCUT2D eigenvalue weighted by Crippen LogP contribution is -2.23. The van der Waals surface area contributed by atoms with Crippen LogP contribution in [0.2, 0.25) is 0 Å². The Morgan fingerprint density at radius 2 is 2.00 bits per heavy atom. The molecule has 0 unspecified atom stereocenters. The summed E-state index contributed by atoms with van der Waals surface area (Å²) in [6.45, 7) is 2.71. The SMILES string of the molecule is Cc1nn(C)c(N(C)CCc2ccccc2)c1C=O. The average Bonchev–Trinajstić information content (AvgIpc) is 2.71. The molecule has 0 amide bonds. The van der Waals surface area contributed by atoms with Gasteiger partial charge in [0.2, 0.25) is 0 Å². The second-order valence-corrected chi connectivity index (χ2v) is 4.72. The Bertz CT molecular complexity index is 560. The van der Waals surface area contributed by atoms with Gasteiger partial charge in [-0.3, -0.25) is 9.48 Å². The lowest BCUT2D eigenvalue weighted by Gasteiger charge is -2.19. The zero-order valence-electron chi connectivity index (χ0n) is 11.6. The highest BCUT2D eigenvalue weighted by Gasteiger charge is 2.15. The van der Waals surface area contributed by atoms with Crippen molar-refractivity contribution in [3.63, 3.8) is 0 Å². The van der Waals surface area contributed by atoms with E-state index in [1.807, 2.05) is 39.2 Å². The zero-order chi connectivity index (χ0) is 13.8. The Hall–Kier alpha value is -2.10. The summed E-state index contributed by atoms with van der Waals surface area (Å²) in [4.78, 5) is 13.2. The lowest BCUT2D eigenvalue weighted by molar-refractivity contribution is 0.112. The van der Waals surface area contributed by atoms with Gasteiger partial charge in [0.25, 0.3) is 0 Å². The average molecular weight is 257 g/mol. The quantitative estimate of drug-likeness (QED) is 0.771. The molecule has 2 rings (SSSR count). The molecule has 1 aromatic carbocycles. The Labute approximate surface area is 113 Å². The third kappa shape index (κ3) is 2.84. The Morgan fingerprint density at radius 1 is 1.32 bits per heavy atom. The molecule has 0 atom stereocenters. The van der Waals surface area contributed by atoms with Crippen LogP contribution in [-0.2, 0) is 13.5 Å². The maximum Gasteiger partial charge on any atom is 0.155 e. The minimum absolute atomic E-state index is 0.679. The summed E-state index contributed by atoms with van der Waals surface area (Å²) in [6, 6.07) is 10.3. The predicted molar refractivity (Wildman–Crippen MR) is 76.7 cm³/mol. The van der Waals surface area contributed by atoms with Crippen LogP contribution >= 0.6 is 0 Å². The monoisotopic (exact) mass is 257 g/mol. The Balaban J connectivity index is 2.12. The van der Waals surface area contributed by atoms with Crippen molar-refractivity contribution in [1.29, 1.82) is 0 Å². The molecule has 19 heavy (non-hydrogen) atoms. The number of aromatic nitrogens is 2. The van der Waals surface area contributed by atoms with Gasteiger partial charge < -0.3 is 4.90 Å². The molecule has 1 aromatic heterocycles. The summed E-state index contributed by atoms with van der Waals surface area (Å²) >= 11 is 0. The molecule has 2 aromatic rings. The van der Waals surface area contributed by atoms with Crippen LogP contribution in [0.3, 0.4) is 0 Å². The third-order valence-corrected chi connectivity index (χ3v) is 3.30. The van der Waals surface area contributed by atoms with E-state index in [4.69, 9.17) is 0 Å². The van der Waals surface area contributed by atoms with Crippen molar-refractivity contribution in [2.24, 2.45) is 7.05 Å². The van der Waals surface area contributed by atoms with Crippen molar-refractivity contribution in [1.82, 2.24) is 9.78 Å². The van der Waals surface area contributed by atoms with E-state index in [0.29, 0.717) is 5.56 Å². The number of anilines is 1. The summed E-state index contributed by atoms with van der Waals surface area (Å²) in [6.07, 6.45) is 1.83. The van der Waals surface area contributed by atoms with Crippen LogP contribution < -0.4 is 4.90 Å². The third-order valence-electron chi connectivity index (χ3n) is 3.30. The standard InChI is InChI=1S/C15H19N3O/c1-12-14(11-19)15(18(3)16-12)17(2)10-9-13-7-5-4-6-8-13/h4-8,11H,9-10H2,1-3H3. The van der Waals surface area contributed by atoms with E-state index in [1.165, 1.54) is 5.56 Å². The first-order valence-electron chi connectivity index (χ1n) is 6.37. The number of benzene rings is 1. The molecule has 0 spiro atoms. The maximum atomic E-state index is 11.2. The smallest absolute Gasteiger partial charge is 0.155 e. The molecule has 1 heterocycles. The van der Waals surface area contributed by atoms with Crippen molar-refractivity contribution >= 4 is 12.1 Å². The molecule has 0 saturated carbocycles. The fraction of sp³-hybridized carbons (Fsp3) is 0.333. The van der Waals surface area contributed by atoms with E-state index in [9.17, 15) is 4.79 Å². The molecule has 0 N–H and O–H groups in total. The van der Waals surface area contributed by atoms with Gasteiger partial charge in [-0.15, -0.1) is 0 Å². The number of aryl methyl sites for hydroxylation is 2. The normalized spacial score (nSPS) is 10.5. The fourth-order valence-electron chi connectivity index (χ4n) is 2.30.